The Labute approximate surface area is 271 Å². The molecule has 0 bridgehead atoms. The fourth-order valence-electron chi connectivity index (χ4n) is 7.74. The number of hydrogen-bond donors (Lipinski definition) is 0. The van der Waals surface area contributed by atoms with Crippen LogP contribution in [-0.4, -0.2) is 0 Å². The lowest BCUT2D eigenvalue weighted by Gasteiger charge is -2.20. The molecule has 47 heavy (non-hydrogen) atoms. The average Bonchev–Trinajstić information content (AvgIpc) is 3.49. The zero-order chi connectivity index (χ0) is 30.9. The number of rotatable bonds is 3. The lowest BCUT2D eigenvalue weighted by Crippen LogP contribution is -1.93. The fourth-order valence-corrected chi connectivity index (χ4v) is 7.74. The Morgan fingerprint density at radius 1 is 0.277 bits per heavy atom. The van der Waals surface area contributed by atoms with Crippen LogP contribution in [0.1, 0.15) is 0 Å². The highest BCUT2D eigenvalue weighted by Gasteiger charge is 2.20. The molecule has 0 radical (unpaired) electrons. The van der Waals surface area contributed by atoms with E-state index in [1.807, 2.05) is 0 Å². The third kappa shape index (κ3) is 3.97. The van der Waals surface area contributed by atoms with Crippen LogP contribution in [0.2, 0.25) is 0 Å². The Morgan fingerprint density at radius 3 is 1.51 bits per heavy atom. The van der Waals surface area contributed by atoms with E-state index in [-0.39, 0.29) is 0 Å². The van der Waals surface area contributed by atoms with Gasteiger partial charge in [0.2, 0.25) is 0 Å². The molecule has 9 aromatic carbocycles. The molecule has 0 spiro atoms. The Bertz CT molecular complexity index is 2790. The summed E-state index contributed by atoms with van der Waals surface area (Å²) in [5.74, 6) is 0. The lowest BCUT2D eigenvalue weighted by molar-refractivity contribution is 0.669. The molecule has 218 valence electrons. The minimum absolute atomic E-state index is 0.909. The maximum atomic E-state index is 6.54. The van der Waals surface area contributed by atoms with Crippen molar-refractivity contribution in [3.05, 3.63) is 170 Å². The van der Waals surface area contributed by atoms with Crippen molar-refractivity contribution in [3.63, 3.8) is 0 Å². The molecule has 10 rings (SSSR count). The first kappa shape index (κ1) is 26.1. The smallest absolute Gasteiger partial charge is 0.136 e. The summed E-state index contributed by atoms with van der Waals surface area (Å²) < 4.78 is 6.54. The predicted octanol–water partition coefficient (Wildman–Crippen LogP) is 13.2. The van der Waals surface area contributed by atoms with Crippen molar-refractivity contribution in [2.75, 3.05) is 0 Å². The van der Waals surface area contributed by atoms with Crippen LogP contribution in [0, 0.1) is 0 Å². The molecule has 1 nitrogen and oxygen atoms in total. The van der Waals surface area contributed by atoms with Gasteiger partial charge >= 0.3 is 0 Å². The van der Waals surface area contributed by atoms with Crippen LogP contribution in [0.3, 0.4) is 0 Å². The molecule has 0 aliphatic carbocycles. The van der Waals surface area contributed by atoms with Gasteiger partial charge in [0, 0.05) is 10.8 Å². The van der Waals surface area contributed by atoms with E-state index in [0.717, 1.165) is 27.5 Å². The van der Waals surface area contributed by atoms with Crippen LogP contribution in [0.25, 0.3) is 98.4 Å². The summed E-state index contributed by atoms with van der Waals surface area (Å²) in [6, 6.07) is 61.6. The van der Waals surface area contributed by atoms with E-state index in [4.69, 9.17) is 4.42 Å². The van der Waals surface area contributed by atoms with Gasteiger partial charge in [-0.15, -0.1) is 0 Å². The summed E-state index contributed by atoms with van der Waals surface area (Å²) in [5.41, 5.74) is 9.21. The van der Waals surface area contributed by atoms with Gasteiger partial charge in [-0.1, -0.05) is 146 Å². The molecule has 0 fully saturated rings. The third-order valence-corrected chi connectivity index (χ3v) is 9.84. The van der Waals surface area contributed by atoms with Gasteiger partial charge in [0.05, 0.1) is 0 Å². The Morgan fingerprint density at radius 2 is 0.787 bits per heavy atom. The zero-order valence-electron chi connectivity index (χ0n) is 25.6. The molecule has 0 aliphatic rings. The standard InChI is InChI=1S/C46H28O/c1-2-14-31-27-44-42(26-30(31)13-1)36-25-24-32(28-43(36)47-44)45-38-19-7-9-21-40(38)46(41-22-10-8-20-39(41)45)37-18-6-5-17-35(37)34-23-11-15-29-12-3-4-16-33(29)34/h1-28H. The molecule has 0 N–H and O–H groups in total. The van der Waals surface area contributed by atoms with Crippen LogP contribution >= 0.6 is 0 Å². The summed E-state index contributed by atoms with van der Waals surface area (Å²) in [7, 11) is 0. The van der Waals surface area contributed by atoms with Crippen molar-refractivity contribution >= 4 is 65.0 Å². The molecular formula is C46H28O. The molecular weight excluding hydrogens is 569 g/mol. The molecule has 1 heteroatoms. The van der Waals surface area contributed by atoms with Gasteiger partial charge in [-0.25, -0.2) is 0 Å². The predicted molar refractivity (Wildman–Crippen MR) is 200 cm³/mol. The van der Waals surface area contributed by atoms with Gasteiger partial charge in [0.1, 0.15) is 11.2 Å². The van der Waals surface area contributed by atoms with E-state index in [0.29, 0.717) is 0 Å². The van der Waals surface area contributed by atoms with Crippen LogP contribution in [0.15, 0.2) is 174 Å². The van der Waals surface area contributed by atoms with Gasteiger partial charge in [0.15, 0.2) is 0 Å². The molecule has 0 atom stereocenters. The largest absolute Gasteiger partial charge is 0.456 e. The fraction of sp³-hybridized carbons (Fsp3) is 0. The van der Waals surface area contributed by atoms with Gasteiger partial charge in [-0.2, -0.15) is 0 Å². The highest BCUT2D eigenvalue weighted by Crippen LogP contribution is 2.47. The molecule has 0 saturated heterocycles. The number of benzene rings is 9. The summed E-state index contributed by atoms with van der Waals surface area (Å²) in [5, 5.41) is 12.2. The van der Waals surface area contributed by atoms with Crippen LogP contribution in [0.5, 0.6) is 0 Å². The Balaban J connectivity index is 1.26. The molecule has 10 aromatic rings. The van der Waals surface area contributed by atoms with E-state index in [9.17, 15) is 0 Å². The summed E-state index contributed by atoms with van der Waals surface area (Å²) in [6.45, 7) is 0. The van der Waals surface area contributed by atoms with E-state index < -0.39 is 0 Å². The van der Waals surface area contributed by atoms with Gasteiger partial charge in [0.25, 0.3) is 0 Å². The average molecular weight is 597 g/mol. The Hall–Kier alpha value is -6.18. The van der Waals surface area contributed by atoms with Crippen molar-refractivity contribution in [1.82, 2.24) is 0 Å². The summed E-state index contributed by atoms with van der Waals surface area (Å²) >= 11 is 0. The quantitative estimate of drug-likeness (QED) is 0.185. The number of furan rings is 1. The first-order chi connectivity index (χ1) is 23.3. The first-order valence-corrected chi connectivity index (χ1v) is 16.2. The summed E-state index contributed by atoms with van der Waals surface area (Å²) in [4.78, 5) is 0. The minimum atomic E-state index is 0.909. The second-order valence-corrected chi connectivity index (χ2v) is 12.4. The molecule has 0 unspecified atom stereocenters. The zero-order valence-corrected chi connectivity index (χ0v) is 25.6. The topological polar surface area (TPSA) is 13.1 Å². The van der Waals surface area contributed by atoms with Gasteiger partial charge in [-0.05, 0) is 101 Å². The van der Waals surface area contributed by atoms with Gasteiger partial charge < -0.3 is 4.42 Å². The van der Waals surface area contributed by atoms with E-state index in [1.165, 1.54) is 70.9 Å². The van der Waals surface area contributed by atoms with Crippen molar-refractivity contribution in [1.29, 1.82) is 0 Å². The highest BCUT2D eigenvalue weighted by atomic mass is 16.3. The molecule has 1 aromatic heterocycles. The van der Waals surface area contributed by atoms with Crippen LogP contribution < -0.4 is 0 Å². The summed E-state index contributed by atoms with van der Waals surface area (Å²) in [6.07, 6.45) is 0. The monoisotopic (exact) mass is 596 g/mol. The minimum Gasteiger partial charge on any atom is -0.456 e. The molecule has 0 aliphatic heterocycles. The number of fused-ring (bicyclic) bond motifs is 7. The van der Waals surface area contributed by atoms with E-state index in [1.54, 1.807) is 0 Å². The second-order valence-electron chi connectivity index (χ2n) is 12.4. The molecule has 0 saturated carbocycles. The van der Waals surface area contributed by atoms with Crippen LogP contribution in [-0.2, 0) is 0 Å². The van der Waals surface area contributed by atoms with Gasteiger partial charge in [-0.3, -0.25) is 0 Å². The maximum Gasteiger partial charge on any atom is 0.136 e. The Kier molecular flexibility index (Phi) is 5.64. The first-order valence-electron chi connectivity index (χ1n) is 16.2. The van der Waals surface area contributed by atoms with Crippen LogP contribution in [0.4, 0.5) is 0 Å². The lowest BCUT2D eigenvalue weighted by atomic mass is 9.83. The van der Waals surface area contributed by atoms with Crippen molar-refractivity contribution < 1.29 is 4.42 Å². The molecule has 0 amide bonds. The van der Waals surface area contributed by atoms with E-state index >= 15 is 0 Å². The highest BCUT2D eigenvalue weighted by molar-refractivity contribution is 6.23. The third-order valence-electron chi connectivity index (χ3n) is 9.84. The maximum absolute atomic E-state index is 6.54. The van der Waals surface area contributed by atoms with Crippen molar-refractivity contribution in [2.45, 2.75) is 0 Å². The SMILES string of the molecule is c1ccc(-c2c3ccccc3c(-c3ccc4c(c3)oc3cc5ccccc5cc34)c3ccccc23)c(-c2cccc3ccccc23)c1. The second kappa shape index (κ2) is 10.2. The molecule has 1 heterocycles. The van der Waals surface area contributed by atoms with Crippen molar-refractivity contribution in [2.24, 2.45) is 0 Å². The number of hydrogen-bond acceptors (Lipinski definition) is 1. The van der Waals surface area contributed by atoms with Crippen molar-refractivity contribution in [3.8, 4) is 33.4 Å². The van der Waals surface area contributed by atoms with E-state index in [2.05, 4.69) is 170 Å². The normalized spacial score (nSPS) is 11.8.